The van der Waals surface area contributed by atoms with Crippen LogP contribution >= 0.6 is 13.5 Å². The Morgan fingerprint density at radius 2 is 2.24 bits per heavy atom. The first-order valence-corrected chi connectivity index (χ1v) is 6.92. The molecule has 1 aromatic rings. The zero-order valence-corrected chi connectivity index (χ0v) is 13.7. The van der Waals surface area contributed by atoms with Crippen LogP contribution in [-0.4, -0.2) is 34.7 Å². The minimum Gasteiger partial charge on any atom is -0.444 e. The number of ether oxygens (including phenoxy) is 1. The molecule has 1 aliphatic heterocycles. The molecule has 1 aromatic heterocycles. The molecule has 0 radical (unpaired) electrons. The molecule has 0 saturated carbocycles. The summed E-state index contributed by atoms with van der Waals surface area (Å²) >= 11 is 0. The van der Waals surface area contributed by atoms with E-state index in [-0.39, 0.29) is 19.6 Å². The second-order valence-electron chi connectivity index (χ2n) is 6.27. The van der Waals surface area contributed by atoms with E-state index in [4.69, 9.17) is 4.74 Å². The van der Waals surface area contributed by atoms with E-state index in [1.807, 2.05) is 26.8 Å². The first kappa shape index (κ1) is 17.8. The Morgan fingerprint density at radius 1 is 1.52 bits per heavy atom. The Balaban J connectivity index is 0.00000220. The molecule has 0 spiro atoms. The summed E-state index contributed by atoms with van der Waals surface area (Å²) in [5.74, 6) is -0.103. The van der Waals surface area contributed by atoms with E-state index in [1.165, 1.54) is 12.3 Å². The van der Waals surface area contributed by atoms with Crippen LogP contribution in [0.2, 0.25) is 0 Å². The second kappa shape index (κ2) is 7.11. The molecule has 1 saturated heterocycles. The number of hydrogen-bond donors (Lipinski definition) is 0. The summed E-state index contributed by atoms with van der Waals surface area (Å²) in [6, 6.07) is 3.27. The molecular weight excluding hydrogens is 291 g/mol. The molecule has 1 atom stereocenters. The molecule has 0 aromatic carbocycles. The zero-order chi connectivity index (χ0) is 14.8. The monoisotopic (exact) mass is 314 g/mol. The first-order valence-electron chi connectivity index (χ1n) is 6.92. The van der Waals surface area contributed by atoms with Gasteiger partial charge in [-0.3, -0.25) is 0 Å². The maximum absolute atomic E-state index is 13.0. The van der Waals surface area contributed by atoms with Crippen molar-refractivity contribution in [1.29, 1.82) is 0 Å². The highest BCUT2D eigenvalue weighted by molar-refractivity contribution is 7.59. The maximum atomic E-state index is 13.0. The van der Waals surface area contributed by atoms with E-state index in [0.717, 1.165) is 18.4 Å². The fourth-order valence-corrected chi connectivity index (χ4v) is 2.39. The molecular formula is C15H23FN2O2S. The van der Waals surface area contributed by atoms with Gasteiger partial charge < -0.3 is 9.64 Å². The van der Waals surface area contributed by atoms with Crippen molar-refractivity contribution >= 4 is 19.6 Å². The maximum Gasteiger partial charge on any atom is 0.410 e. The highest BCUT2D eigenvalue weighted by Gasteiger charge is 2.29. The molecule has 1 fully saturated rings. The smallest absolute Gasteiger partial charge is 0.410 e. The highest BCUT2D eigenvalue weighted by atomic mass is 32.1. The molecule has 0 N–H and O–H groups in total. The van der Waals surface area contributed by atoms with Crippen LogP contribution in [0.25, 0.3) is 0 Å². The first-order chi connectivity index (χ1) is 9.33. The van der Waals surface area contributed by atoms with E-state index in [1.54, 1.807) is 4.90 Å². The molecule has 0 bridgehead atoms. The molecule has 1 unspecified atom stereocenters. The Labute approximate surface area is 132 Å². The Morgan fingerprint density at radius 3 is 2.86 bits per heavy atom. The normalized spacial score (nSPS) is 18.3. The third-order valence-electron chi connectivity index (χ3n) is 3.25. The van der Waals surface area contributed by atoms with Crippen LogP contribution in [0.5, 0.6) is 0 Å². The molecule has 6 heteroatoms. The summed E-state index contributed by atoms with van der Waals surface area (Å²) in [4.78, 5) is 17.2. The number of pyridine rings is 1. The molecule has 1 amide bonds. The van der Waals surface area contributed by atoms with Crippen LogP contribution in [0, 0.1) is 11.9 Å². The van der Waals surface area contributed by atoms with Crippen LogP contribution in [0.15, 0.2) is 18.3 Å². The molecule has 1 aliphatic rings. The van der Waals surface area contributed by atoms with E-state index >= 15 is 0 Å². The van der Waals surface area contributed by atoms with Gasteiger partial charge in [0, 0.05) is 19.3 Å². The van der Waals surface area contributed by atoms with Gasteiger partial charge in [0.1, 0.15) is 5.60 Å². The third-order valence-corrected chi connectivity index (χ3v) is 3.25. The van der Waals surface area contributed by atoms with Crippen LogP contribution < -0.4 is 0 Å². The minimum absolute atomic E-state index is 0. The van der Waals surface area contributed by atoms with Crippen molar-refractivity contribution in [3.63, 3.8) is 0 Å². The van der Waals surface area contributed by atoms with E-state index in [9.17, 15) is 9.18 Å². The lowest BCUT2D eigenvalue weighted by molar-refractivity contribution is 0.0288. The van der Waals surface area contributed by atoms with E-state index < -0.39 is 11.5 Å². The van der Waals surface area contributed by atoms with Gasteiger partial charge in [-0.1, -0.05) is 0 Å². The van der Waals surface area contributed by atoms with E-state index in [2.05, 4.69) is 4.98 Å². The predicted molar refractivity (Wildman–Crippen MR) is 84.2 cm³/mol. The number of likely N-dealkylation sites (tertiary alicyclic amines) is 1. The zero-order valence-electron chi connectivity index (χ0n) is 12.7. The third kappa shape index (κ3) is 5.53. The number of hydrogen-bond acceptors (Lipinski definition) is 3. The Kier molecular flexibility index (Phi) is 6.01. The van der Waals surface area contributed by atoms with Gasteiger partial charge in [0.05, 0.1) is 0 Å². The van der Waals surface area contributed by atoms with Gasteiger partial charge in [0.25, 0.3) is 0 Å². The summed E-state index contributed by atoms with van der Waals surface area (Å²) in [7, 11) is 0. The van der Waals surface area contributed by atoms with Crippen LogP contribution in [0.4, 0.5) is 9.18 Å². The standard InChI is InChI=1S/C15H21FN2O2.H2S/c1-15(2,3)20-14(19)18-7-5-12(10-18)8-11-4-6-17-13(16)9-11;/h4,6,9,12H,5,7-8,10H2,1-3H3;1H2. The van der Waals surface area contributed by atoms with Gasteiger partial charge in [0.2, 0.25) is 5.95 Å². The topological polar surface area (TPSA) is 42.4 Å². The fourth-order valence-electron chi connectivity index (χ4n) is 2.39. The average molecular weight is 314 g/mol. The van der Waals surface area contributed by atoms with Crippen molar-refractivity contribution in [2.24, 2.45) is 5.92 Å². The SMILES string of the molecule is CC(C)(C)OC(=O)N1CCC(Cc2ccnc(F)c2)C1.S. The molecule has 4 nitrogen and oxygen atoms in total. The molecule has 2 heterocycles. The second-order valence-corrected chi connectivity index (χ2v) is 6.27. The molecule has 2 rings (SSSR count). The Bertz CT molecular complexity index is 491. The van der Waals surface area contributed by atoms with Crippen molar-refractivity contribution in [1.82, 2.24) is 9.88 Å². The summed E-state index contributed by atoms with van der Waals surface area (Å²) in [6.07, 6.45) is 2.90. The van der Waals surface area contributed by atoms with Gasteiger partial charge in [-0.15, -0.1) is 0 Å². The number of carbonyl (C=O) groups is 1. The summed E-state index contributed by atoms with van der Waals surface area (Å²) in [6.45, 7) is 6.95. The number of halogens is 1. The molecule has 21 heavy (non-hydrogen) atoms. The quantitative estimate of drug-likeness (QED) is 0.788. The average Bonchev–Trinajstić information content (AvgIpc) is 2.75. The summed E-state index contributed by atoms with van der Waals surface area (Å²) in [5.41, 5.74) is 0.456. The predicted octanol–water partition coefficient (Wildman–Crippen LogP) is 3.13. The van der Waals surface area contributed by atoms with Gasteiger partial charge in [-0.25, -0.2) is 9.78 Å². The molecule has 0 aliphatic carbocycles. The van der Waals surface area contributed by atoms with Crippen LogP contribution in [-0.2, 0) is 11.2 Å². The number of aromatic nitrogens is 1. The summed E-state index contributed by atoms with van der Waals surface area (Å²) in [5, 5.41) is 0. The van der Waals surface area contributed by atoms with Gasteiger partial charge in [0.15, 0.2) is 0 Å². The van der Waals surface area contributed by atoms with Crippen molar-refractivity contribution in [3.05, 3.63) is 29.8 Å². The van der Waals surface area contributed by atoms with Crippen LogP contribution in [0.1, 0.15) is 32.8 Å². The van der Waals surface area contributed by atoms with E-state index in [0.29, 0.717) is 19.0 Å². The number of nitrogens with zero attached hydrogens (tertiary/aromatic N) is 2. The highest BCUT2D eigenvalue weighted by Crippen LogP contribution is 2.22. The largest absolute Gasteiger partial charge is 0.444 e. The van der Waals surface area contributed by atoms with Crippen molar-refractivity contribution in [2.75, 3.05) is 13.1 Å². The minimum atomic E-state index is -0.469. The summed E-state index contributed by atoms with van der Waals surface area (Å²) < 4.78 is 18.4. The van der Waals surface area contributed by atoms with Gasteiger partial charge in [-0.2, -0.15) is 17.9 Å². The number of rotatable bonds is 2. The van der Waals surface area contributed by atoms with Crippen molar-refractivity contribution in [3.8, 4) is 0 Å². The van der Waals surface area contributed by atoms with Gasteiger partial charge >= 0.3 is 6.09 Å². The lowest BCUT2D eigenvalue weighted by Gasteiger charge is -2.24. The van der Waals surface area contributed by atoms with Crippen molar-refractivity contribution < 1.29 is 13.9 Å². The fraction of sp³-hybridized carbons (Fsp3) is 0.600. The van der Waals surface area contributed by atoms with Gasteiger partial charge in [-0.05, 0) is 57.2 Å². The number of carbonyl (C=O) groups excluding carboxylic acids is 1. The molecule has 118 valence electrons. The van der Waals surface area contributed by atoms with Crippen molar-refractivity contribution in [2.45, 2.75) is 39.2 Å². The lowest BCUT2D eigenvalue weighted by Crippen LogP contribution is -2.35. The Hall–Kier alpha value is -1.30. The lowest BCUT2D eigenvalue weighted by atomic mass is 10.00. The van der Waals surface area contributed by atoms with Crippen LogP contribution in [0.3, 0.4) is 0 Å². The number of amides is 1.